The van der Waals surface area contributed by atoms with Crippen LogP contribution < -0.4 is 21.1 Å². The van der Waals surface area contributed by atoms with Crippen LogP contribution in [-0.2, 0) is 0 Å². The van der Waals surface area contributed by atoms with Crippen molar-refractivity contribution in [1.29, 1.82) is 0 Å². The van der Waals surface area contributed by atoms with E-state index >= 15 is 0 Å². The van der Waals surface area contributed by atoms with Crippen molar-refractivity contribution in [1.82, 2.24) is 15.3 Å². The highest BCUT2D eigenvalue weighted by Gasteiger charge is 2.24. The summed E-state index contributed by atoms with van der Waals surface area (Å²) < 4.78 is 20.2. The van der Waals surface area contributed by atoms with Crippen LogP contribution in [0.3, 0.4) is 0 Å². The number of thiophene rings is 1. The zero-order chi connectivity index (χ0) is 21.3. The summed E-state index contributed by atoms with van der Waals surface area (Å²) in [6, 6.07) is 4.79. The quantitative estimate of drug-likeness (QED) is 0.549. The second kappa shape index (κ2) is 8.53. The molecule has 0 radical (unpaired) electrons. The Morgan fingerprint density at radius 1 is 1.33 bits per heavy atom. The molecule has 0 saturated heterocycles. The van der Waals surface area contributed by atoms with E-state index in [2.05, 4.69) is 20.6 Å². The lowest BCUT2D eigenvalue weighted by Gasteiger charge is -2.30. The topological polar surface area (TPSA) is 102 Å². The van der Waals surface area contributed by atoms with Crippen LogP contribution in [0.15, 0.2) is 24.5 Å². The fourth-order valence-electron chi connectivity index (χ4n) is 3.92. The third-order valence-electron chi connectivity index (χ3n) is 5.48. The van der Waals surface area contributed by atoms with Crippen LogP contribution in [0.1, 0.15) is 40.9 Å². The first kappa shape index (κ1) is 20.5. The van der Waals surface area contributed by atoms with Gasteiger partial charge in [0.25, 0.3) is 5.91 Å². The maximum atomic E-state index is 14.0. The molecule has 1 aliphatic carbocycles. The van der Waals surface area contributed by atoms with E-state index in [-0.39, 0.29) is 11.9 Å². The summed E-state index contributed by atoms with van der Waals surface area (Å²) in [6.07, 6.45) is 5.41. The molecule has 0 bridgehead atoms. The standard InChI is InChI=1S/C21H24FN5O2S/c1-11-17-20(25-10-26-21(17)30-18(11)19(23)28)27-15-7-6-12(22)8-16(15)29-14-5-3-4-13(9-14)24-2/h6-8,10,13-14,24H,3-5,9H2,1-2H3,(H2,23,28)(H,25,26,27)/t13-,14-/m0/s1. The molecule has 2 heterocycles. The molecule has 3 aromatic rings. The van der Waals surface area contributed by atoms with Crippen molar-refractivity contribution in [3.8, 4) is 5.75 Å². The maximum Gasteiger partial charge on any atom is 0.259 e. The van der Waals surface area contributed by atoms with Crippen molar-refractivity contribution in [3.05, 3.63) is 40.8 Å². The highest BCUT2D eigenvalue weighted by molar-refractivity contribution is 7.20. The minimum Gasteiger partial charge on any atom is -0.488 e. The van der Waals surface area contributed by atoms with Crippen molar-refractivity contribution in [2.75, 3.05) is 12.4 Å². The van der Waals surface area contributed by atoms with E-state index < -0.39 is 5.91 Å². The lowest BCUT2D eigenvalue weighted by Crippen LogP contribution is -2.36. The van der Waals surface area contributed by atoms with Gasteiger partial charge in [-0.05, 0) is 57.4 Å². The minimum absolute atomic E-state index is 0.00770. The minimum atomic E-state index is -0.497. The number of hydrogen-bond donors (Lipinski definition) is 3. The van der Waals surface area contributed by atoms with Crippen LogP contribution >= 0.6 is 11.3 Å². The third-order valence-corrected chi connectivity index (χ3v) is 6.69. The van der Waals surface area contributed by atoms with Crippen LogP contribution in [0.25, 0.3) is 10.2 Å². The zero-order valence-electron chi connectivity index (χ0n) is 16.9. The molecule has 2 aromatic heterocycles. The van der Waals surface area contributed by atoms with Crippen LogP contribution in [0.2, 0.25) is 0 Å². The zero-order valence-corrected chi connectivity index (χ0v) is 17.7. The number of nitrogens with zero attached hydrogens (tertiary/aromatic N) is 2. The van der Waals surface area contributed by atoms with Gasteiger partial charge in [-0.3, -0.25) is 4.79 Å². The van der Waals surface area contributed by atoms with Crippen LogP contribution in [0, 0.1) is 12.7 Å². The first-order valence-corrected chi connectivity index (χ1v) is 10.7. The number of nitrogens with two attached hydrogens (primary N) is 1. The normalized spacial score (nSPS) is 19.0. The van der Waals surface area contributed by atoms with E-state index in [4.69, 9.17) is 10.5 Å². The van der Waals surface area contributed by atoms with Crippen molar-refractivity contribution in [2.45, 2.75) is 44.8 Å². The summed E-state index contributed by atoms with van der Waals surface area (Å²) >= 11 is 1.23. The first-order chi connectivity index (χ1) is 14.5. The Kier molecular flexibility index (Phi) is 5.83. The largest absolute Gasteiger partial charge is 0.488 e. The number of anilines is 2. The fourth-order valence-corrected chi connectivity index (χ4v) is 4.92. The number of ether oxygens (including phenoxy) is 1. The van der Waals surface area contributed by atoms with Gasteiger partial charge in [-0.25, -0.2) is 14.4 Å². The van der Waals surface area contributed by atoms with Crippen molar-refractivity contribution < 1.29 is 13.9 Å². The fraction of sp³-hybridized carbons (Fsp3) is 0.381. The van der Waals surface area contributed by atoms with E-state index in [0.717, 1.165) is 36.6 Å². The number of aryl methyl sites for hydroxylation is 1. The number of carbonyl (C=O) groups excluding carboxylic acids is 1. The Morgan fingerprint density at radius 3 is 2.93 bits per heavy atom. The number of aromatic nitrogens is 2. The maximum absolute atomic E-state index is 14.0. The molecule has 1 fully saturated rings. The molecule has 4 rings (SSSR count). The number of hydrogen-bond acceptors (Lipinski definition) is 7. The molecular weight excluding hydrogens is 405 g/mol. The van der Waals surface area contributed by atoms with Gasteiger partial charge >= 0.3 is 0 Å². The van der Waals surface area contributed by atoms with Gasteiger partial charge in [-0.1, -0.05) is 0 Å². The van der Waals surface area contributed by atoms with Gasteiger partial charge in [0, 0.05) is 12.1 Å². The van der Waals surface area contributed by atoms with Gasteiger partial charge in [0.1, 0.15) is 34.6 Å². The molecule has 4 N–H and O–H groups in total. The monoisotopic (exact) mass is 429 g/mol. The Morgan fingerprint density at radius 2 is 2.17 bits per heavy atom. The van der Waals surface area contributed by atoms with Gasteiger partial charge in [0.15, 0.2) is 0 Å². The summed E-state index contributed by atoms with van der Waals surface area (Å²) in [5.41, 5.74) is 6.81. The summed E-state index contributed by atoms with van der Waals surface area (Å²) in [7, 11) is 1.95. The number of carbonyl (C=O) groups is 1. The molecule has 7 nitrogen and oxygen atoms in total. The second-order valence-electron chi connectivity index (χ2n) is 7.48. The molecule has 158 valence electrons. The molecule has 1 saturated carbocycles. The predicted molar refractivity (Wildman–Crippen MR) is 116 cm³/mol. The third kappa shape index (κ3) is 4.08. The molecule has 9 heteroatoms. The Balaban J connectivity index is 1.66. The summed E-state index contributed by atoms with van der Waals surface area (Å²) in [4.78, 5) is 21.4. The van der Waals surface area contributed by atoms with Gasteiger partial charge in [-0.2, -0.15) is 0 Å². The van der Waals surface area contributed by atoms with Gasteiger partial charge < -0.3 is 21.1 Å². The lowest BCUT2D eigenvalue weighted by atomic mass is 9.93. The summed E-state index contributed by atoms with van der Waals surface area (Å²) in [5, 5.41) is 7.27. The number of primary amides is 1. The average molecular weight is 430 g/mol. The van der Waals surface area contributed by atoms with E-state index in [1.165, 1.54) is 29.8 Å². The van der Waals surface area contributed by atoms with Gasteiger partial charge in [-0.15, -0.1) is 11.3 Å². The van der Waals surface area contributed by atoms with E-state index in [0.29, 0.717) is 33.0 Å². The first-order valence-electron chi connectivity index (χ1n) is 9.90. The highest BCUT2D eigenvalue weighted by atomic mass is 32.1. The van der Waals surface area contributed by atoms with Crippen molar-refractivity contribution in [3.63, 3.8) is 0 Å². The van der Waals surface area contributed by atoms with Crippen LogP contribution in [0.4, 0.5) is 15.9 Å². The molecule has 2 atom stereocenters. The van der Waals surface area contributed by atoms with Crippen molar-refractivity contribution in [2.24, 2.45) is 5.73 Å². The highest BCUT2D eigenvalue weighted by Crippen LogP contribution is 2.37. The molecule has 30 heavy (non-hydrogen) atoms. The molecule has 0 aliphatic heterocycles. The second-order valence-corrected chi connectivity index (χ2v) is 8.48. The van der Waals surface area contributed by atoms with E-state index in [9.17, 15) is 9.18 Å². The van der Waals surface area contributed by atoms with E-state index in [1.807, 2.05) is 14.0 Å². The molecule has 1 amide bonds. The van der Waals surface area contributed by atoms with Gasteiger partial charge in [0.05, 0.1) is 16.0 Å². The molecule has 1 aliphatic rings. The molecular formula is C21H24FN5O2S. The number of amides is 1. The summed E-state index contributed by atoms with van der Waals surface area (Å²) in [5.74, 6) is 0.0942. The lowest BCUT2D eigenvalue weighted by molar-refractivity contribution is 0.100. The smallest absolute Gasteiger partial charge is 0.259 e. The SMILES string of the molecule is CN[C@H]1CCC[C@H](Oc2cc(F)ccc2Nc2ncnc3sc(C(N)=O)c(C)c23)C1. The predicted octanol–water partition coefficient (Wildman–Crippen LogP) is 3.89. The number of benzene rings is 1. The van der Waals surface area contributed by atoms with Crippen LogP contribution in [-0.4, -0.2) is 35.1 Å². The van der Waals surface area contributed by atoms with Gasteiger partial charge in [0.2, 0.25) is 0 Å². The van der Waals surface area contributed by atoms with Crippen LogP contribution in [0.5, 0.6) is 5.75 Å². The molecule has 1 aromatic carbocycles. The Labute approximate surface area is 177 Å². The number of halogens is 1. The average Bonchev–Trinajstić information content (AvgIpc) is 3.08. The number of fused-ring (bicyclic) bond motifs is 1. The molecule has 0 unspecified atom stereocenters. The summed E-state index contributed by atoms with van der Waals surface area (Å²) in [6.45, 7) is 1.81. The Hall–Kier alpha value is -2.78. The molecule has 0 spiro atoms. The number of nitrogens with one attached hydrogen (secondary N) is 2. The van der Waals surface area contributed by atoms with E-state index in [1.54, 1.807) is 6.07 Å². The number of rotatable bonds is 6. The Bertz CT molecular complexity index is 1090. The van der Waals surface area contributed by atoms with Crippen molar-refractivity contribution >= 4 is 39.0 Å².